The molecule has 1 unspecified atom stereocenters. The van der Waals surface area contributed by atoms with Crippen LogP contribution in [0.1, 0.15) is 18.5 Å². The Labute approximate surface area is 124 Å². The van der Waals surface area contributed by atoms with Crippen molar-refractivity contribution in [1.82, 2.24) is 0 Å². The molecule has 0 aliphatic rings. The van der Waals surface area contributed by atoms with Gasteiger partial charge in [-0.25, -0.2) is 8.78 Å². The fourth-order valence-electron chi connectivity index (χ4n) is 1.90. The van der Waals surface area contributed by atoms with E-state index in [1.54, 1.807) is 6.92 Å². The monoisotopic (exact) mass is 312 g/mol. The van der Waals surface area contributed by atoms with Crippen molar-refractivity contribution >= 4 is 23.0 Å². The Hall–Kier alpha value is -2.21. The van der Waals surface area contributed by atoms with E-state index in [9.17, 15) is 18.9 Å². The van der Waals surface area contributed by atoms with Gasteiger partial charge in [0.15, 0.2) is 0 Å². The Morgan fingerprint density at radius 3 is 2.57 bits per heavy atom. The normalized spacial score (nSPS) is 12.0. The van der Waals surface area contributed by atoms with Gasteiger partial charge in [0.25, 0.3) is 5.69 Å². The fourth-order valence-corrected chi connectivity index (χ4v) is 2.23. The molecule has 2 rings (SSSR count). The molecular formula is C14H11ClF2N2O2. The molecule has 0 aliphatic carbocycles. The second kappa shape index (κ2) is 6.05. The summed E-state index contributed by atoms with van der Waals surface area (Å²) in [4.78, 5) is 10.1. The molecule has 0 saturated carbocycles. The van der Waals surface area contributed by atoms with Crippen LogP contribution in [0.4, 0.5) is 20.2 Å². The van der Waals surface area contributed by atoms with Crippen molar-refractivity contribution in [3.05, 3.63) is 68.7 Å². The molecule has 0 radical (unpaired) electrons. The molecule has 4 nitrogen and oxygen atoms in total. The van der Waals surface area contributed by atoms with Crippen LogP contribution in [0.5, 0.6) is 0 Å². The molecular weight excluding hydrogens is 302 g/mol. The van der Waals surface area contributed by atoms with E-state index in [-0.39, 0.29) is 16.4 Å². The minimum Gasteiger partial charge on any atom is -0.376 e. The molecule has 0 aromatic heterocycles. The highest BCUT2D eigenvalue weighted by Gasteiger charge is 2.15. The van der Waals surface area contributed by atoms with Gasteiger partial charge in [0.1, 0.15) is 11.6 Å². The second-order valence-corrected chi connectivity index (χ2v) is 4.86. The van der Waals surface area contributed by atoms with Crippen LogP contribution in [0, 0.1) is 21.7 Å². The first kappa shape index (κ1) is 15.2. The molecule has 1 N–H and O–H groups in total. The Kier molecular flexibility index (Phi) is 4.37. The standard InChI is InChI=1S/C14H11ClF2N2O2/c1-8(11-4-2-9(16)6-12(11)15)18-14-7-10(19(20)21)3-5-13(14)17/h2-8,18H,1H3. The predicted molar refractivity (Wildman–Crippen MR) is 76.5 cm³/mol. The molecule has 2 aromatic rings. The molecule has 0 fully saturated rings. The largest absolute Gasteiger partial charge is 0.376 e. The maximum Gasteiger partial charge on any atom is 0.271 e. The quantitative estimate of drug-likeness (QED) is 0.657. The molecule has 0 bridgehead atoms. The highest BCUT2D eigenvalue weighted by Crippen LogP contribution is 2.29. The van der Waals surface area contributed by atoms with Gasteiger partial charge >= 0.3 is 0 Å². The lowest BCUT2D eigenvalue weighted by molar-refractivity contribution is -0.384. The molecule has 0 heterocycles. The highest BCUT2D eigenvalue weighted by atomic mass is 35.5. The summed E-state index contributed by atoms with van der Waals surface area (Å²) in [6.45, 7) is 1.69. The van der Waals surface area contributed by atoms with Crippen LogP contribution in [-0.2, 0) is 0 Å². The lowest BCUT2D eigenvalue weighted by Crippen LogP contribution is -2.09. The number of halogens is 3. The first-order chi connectivity index (χ1) is 9.88. The number of nitrogens with one attached hydrogen (secondary N) is 1. The average Bonchev–Trinajstić information content (AvgIpc) is 2.40. The van der Waals surface area contributed by atoms with Gasteiger partial charge in [-0.05, 0) is 30.7 Å². The van der Waals surface area contributed by atoms with Gasteiger partial charge in [0.05, 0.1) is 16.7 Å². The first-order valence-electron chi connectivity index (χ1n) is 6.04. The topological polar surface area (TPSA) is 55.2 Å². The number of hydrogen-bond acceptors (Lipinski definition) is 3. The molecule has 21 heavy (non-hydrogen) atoms. The van der Waals surface area contributed by atoms with Crippen molar-refractivity contribution in [3.8, 4) is 0 Å². The number of hydrogen-bond donors (Lipinski definition) is 1. The van der Waals surface area contributed by atoms with Gasteiger partial charge in [0.2, 0.25) is 0 Å². The number of non-ortho nitro benzene ring substituents is 1. The Balaban J connectivity index is 2.28. The maximum atomic E-state index is 13.7. The number of nitro benzene ring substituents is 1. The van der Waals surface area contributed by atoms with Gasteiger partial charge in [-0.15, -0.1) is 0 Å². The Morgan fingerprint density at radius 1 is 1.24 bits per heavy atom. The summed E-state index contributed by atoms with van der Waals surface area (Å²) in [6, 6.07) is 6.61. The van der Waals surface area contributed by atoms with Gasteiger partial charge in [-0.3, -0.25) is 10.1 Å². The minimum atomic E-state index is -0.620. The van der Waals surface area contributed by atoms with Crippen molar-refractivity contribution in [2.24, 2.45) is 0 Å². The smallest absolute Gasteiger partial charge is 0.271 e. The van der Waals surface area contributed by atoms with E-state index in [1.165, 1.54) is 12.1 Å². The van der Waals surface area contributed by atoms with Gasteiger partial charge in [-0.2, -0.15) is 0 Å². The second-order valence-electron chi connectivity index (χ2n) is 4.45. The number of rotatable bonds is 4. The molecule has 0 amide bonds. The Morgan fingerprint density at radius 2 is 1.95 bits per heavy atom. The van der Waals surface area contributed by atoms with Crippen LogP contribution < -0.4 is 5.32 Å². The molecule has 0 spiro atoms. The van der Waals surface area contributed by atoms with Gasteiger partial charge in [-0.1, -0.05) is 17.7 Å². The summed E-state index contributed by atoms with van der Waals surface area (Å²) >= 11 is 5.93. The molecule has 0 aliphatic heterocycles. The van der Waals surface area contributed by atoms with E-state index in [0.29, 0.717) is 5.56 Å². The first-order valence-corrected chi connectivity index (χ1v) is 6.41. The van der Waals surface area contributed by atoms with E-state index in [2.05, 4.69) is 5.32 Å². The molecule has 7 heteroatoms. The molecule has 0 saturated heterocycles. The zero-order chi connectivity index (χ0) is 15.6. The third-order valence-corrected chi connectivity index (χ3v) is 3.29. The van der Waals surface area contributed by atoms with Crippen LogP contribution in [0.25, 0.3) is 0 Å². The van der Waals surface area contributed by atoms with Crippen molar-refractivity contribution in [2.45, 2.75) is 13.0 Å². The van der Waals surface area contributed by atoms with Gasteiger partial charge in [0, 0.05) is 17.2 Å². The van der Waals surface area contributed by atoms with Crippen molar-refractivity contribution in [1.29, 1.82) is 0 Å². The zero-order valence-electron chi connectivity index (χ0n) is 10.9. The lowest BCUT2D eigenvalue weighted by Gasteiger charge is -2.17. The number of anilines is 1. The number of nitro groups is 1. The van der Waals surface area contributed by atoms with Crippen LogP contribution in [-0.4, -0.2) is 4.92 Å². The van der Waals surface area contributed by atoms with E-state index >= 15 is 0 Å². The summed E-state index contributed by atoms with van der Waals surface area (Å²) < 4.78 is 26.7. The summed E-state index contributed by atoms with van der Waals surface area (Å²) in [5.41, 5.74) is 0.317. The SMILES string of the molecule is CC(Nc1cc([N+](=O)[O-])ccc1F)c1ccc(F)cc1Cl. The van der Waals surface area contributed by atoms with E-state index in [1.807, 2.05) is 0 Å². The minimum absolute atomic E-state index is 0.0166. The molecule has 2 aromatic carbocycles. The van der Waals surface area contributed by atoms with E-state index < -0.39 is 22.6 Å². The highest BCUT2D eigenvalue weighted by molar-refractivity contribution is 6.31. The van der Waals surface area contributed by atoms with Crippen molar-refractivity contribution in [2.75, 3.05) is 5.32 Å². The zero-order valence-corrected chi connectivity index (χ0v) is 11.7. The van der Waals surface area contributed by atoms with Crippen molar-refractivity contribution in [3.63, 3.8) is 0 Å². The van der Waals surface area contributed by atoms with Crippen LogP contribution in [0.15, 0.2) is 36.4 Å². The maximum absolute atomic E-state index is 13.7. The van der Waals surface area contributed by atoms with E-state index in [4.69, 9.17) is 11.6 Å². The fraction of sp³-hybridized carbons (Fsp3) is 0.143. The average molecular weight is 313 g/mol. The predicted octanol–water partition coefficient (Wildman–Crippen LogP) is 4.70. The molecule has 1 atom stereocenters. The molecule has 110 valence electrons. The lowest BCUT2D eigenvalue weighted by atomic mass is 10.1. The number of benzene rings is 2. The third-order valence-electron chi connectivity index (χ3n) is 2.96. The number of nitrogens with zero attached hydrogens (tertiary/aromatic N) is 1. The van der Waals surface area contributed by atoms with Crippen LogP contribution in [0.3, 0.4) is 0 Å². The summed E-state index contributed by atoms with van der Waals surface area (Å²) in [5.74, 6) is -1.09. The van der Waals surface area contributed by atoms with Crippen LogP contribution >= 0.6 is 11.6 Å². The summed E-state index contributed by atoms with van der Waals surface area (Å²) in [5, 5.41) is 13.7. The van der Waals surface area contributed by atoms with Crippen molar-refractivity contribution < 1.29 is 13.7 Å². The summed E-state index contributed by atoms with van der Waals surface area (Å²) in [7, 11) is 0. The summed E-state index contributed by atoms with van der Waals surface area (Å²) in [6.07, 6.45) is 0. The van der Waals surface area contributed by atoms with Gasteiger partial charge < -0.3 is 5.32 Å². The van der Waals surface area contributed by atoms with Crippen LogP contribution in [0.2, 0.25) is 5.02 Å². The Bertz CT molecular complexity index is 695. The third kappa shape index (κ3) is 3.46. The van der Waals surface area contributed by atoms with E-state index in [0.717, 1.165) is 24.3 Å².